The maximum absolute atomic E-state index is 11.7. The molecule has 3 N–H and O–H groups in total. The first kappa shape index (κ1) is 22.3. The molecule has 0 aliphatic carbocycles. The highest BCUT2D eigenvalue weighted by molar-refractivity contribution is 6.34. The third-order valence-corrected chi connectivity index (χ3v) is 4.75. The molecule has 6 nitrogen and oxygen atoms in total. The Morgan fingerprint density at radius 1 is 1.07 bits per heavy atom. The first-order valence-electron chi connectivity index (χ1n) is 8.96. The molecule has 2 aromatic rings. The summed E-state index contributed by atoms with van der Waals surface area (Å²) in [5, 5.41) is 22.8. The number of rotatable bonds is 10. The minimum Gasteiger partial charge on any atom is -0.480 e. The third-order valence-electron chi connectivity index (χ3n) is 4.32. The molecule has 0 saturated carbocycles. The number of aromatic nitrogens is 1. The fourth-order valence-corrected chi connectivity index (χ4v) is 3.64. The van der Waals surface area contributed by atoms with Gasteiger partial charge in [-0.25, -0.2) is 0 Å². The van der Waals surface area contributed by atoms with E-state index in [1.807, 2.05) is 36.7 Å². The summed E-state index contributed by atoms with van der Waals surface area (Å²) in [6, 6.07) is 6.95. The molecule has 0 aliphatic heterocycles. The summed E-state index contributed by atoms with van der Waals surface area (Å²) in [4.78, 5) is 23.2. The van der Waals surface area contributed by atoms with Gasteiger partial charge in [0.15, 0.2) is 0 Å². The number of hydrogen-bond acceptors (Lipinski definition) is 3. The molecule has 1 aromatic carbocycles. The van der Waals surface area contributed by atoms with E-state index in [1.54, 1.807) is 18.2 Å². The number of carboxylic acid groups (broad SMARTS) is 2. The van der Waals surface area contributed by atoms with Gasteiger partial charge in [0.05, 0.1) is 0 Å². The number of aliphatic carboxylic acids is 2. The molecular weight excluding hydrogens is 403 g/mol. The van der Waals surface area contributed by atoms with Gasteiger partial charge in [-0.05, 0) is 48.2 Å². The quantitative estimate of drug-likeness (QED) is 0.535. The van der Waals surface area contributed by atoms with Crippen molar-refractivity contribution in [2.75, 3.05) is 0 Å². The van der Waals surface area contributed by atoms with Gasteiger partial charge in [0.25, 0.3) is 0 Å². The molecule has 152 valence electrons. The van der Waals surface area contributed by atoms with Crippen LogP contribution in [0.5, 0.6) is 0 Å². The lowest BCUT2D eigenvalue weighted by atomic mass is 10.0. The Kier molecular flexibility index (Phi) is 7.92. The van der Waals surface area contributed by atoms with Crippen LogP contribution in [0.25, 0.3) is 0 Å². The Hall–Kier alpha value is -2.02. The molecule has 1 heterocycles. The van der Waals surface area contributed by atoms with E-state index >= 15 is 0 Å². The predicted octanol–water partition coefficient (Wildman–Crippen LogP) is 3.93. The summed E-state index contributed by atoms with van der Waals surface area (Å²) in [5.41, 5.74) is 1.66. The lowest BCUT2D eigenvalue weighted by molar-refractivity contribution is -0.142. The Morgan fingerprint density at radius 2 is 1.68 bits per heavy atom. The van der Waals surface area contributed by atoms with Crippen LogP contribution in [0, 0.1) is 5.92 Å². The van der Waals surface area contributed by atoms with Crippen LogP contribution in [0.2, 0.25) is 10.0 Å². The fraction of sp³-hybridized carbons (Fsp3) is 0.400. The summed E-state index contributed by atoms with van der Waals surface area (Å²) < 4.78 is 1.90. The Bertz CT molecular complexity index is 815. The number of nitrogens with zero attached hydrogens (tertiary/aromatic N) is 1. The molecule has 0 bridgehead atoms. The molecule has 0 spiro atoms. The number of carbonyl (C=O) groups is 2. The van der Waals surface area contributed by atoms with Crippen molar-refractivity contribution in [3.63, 3.8) is 0 Å². The summed E-state index contributed by atoms with van der Waals surface area (Å²) >= 11 is 12.1. The van der Waals surface area contributed by atoms with Crippen molar-refractivity contribution >= 4 is 35.1 Å². The summed E-state index contributed by atoms with van der Waals surface area (Å²) in [7, 11) is 0. The average Bonchev–Trinajstić information content (AvgIpc) is 2.98. The molecule has 0 saturated heterocycles. The largest absolute Gasteiger partial charge is 0.480 e. The van der Waals surface area contributed by atoms with Crippen molar-refractivity contribution in [2.24, 2.45) is 5.92 Å². The summed E-state index contributed by atoms with van der Waals surface area (Å²) in [5.74, 6) is -2.02. The van der Waals surface area contributed by atoms with Crippen LogP contribution in [-0.2, 0) is 22.6 Å². The normalized spacial score (nSPS) is 13.5. The zero-order valence-corrected chi connectivity index (χ0v) is 17.2. The van der Waals surface area contributed by atoms with E-state index in [-0.39, 0.29) is 12.3 Å². The molecule has 2 unspecified atom stereocenters. The second-order valence-corrected chi connectivity index (χ2v) is 8.06. The highest BCUT2D eigenvalue weighted by Gasteiger charge is 2.27. The Labute approximate surface area is 174 Å². The predicted molar refractivity (Wildman–Crippen MR) is 109 cm³/mol. The van der Waals surface area contributed by atoms with Gasteiger partial charge in [0, 0.05) is 34.9 Å². The number of carboxylic acids is 2. The first-order chi connectivity index (χ1) is 13.2. The maximum atomic E-state index is 11.7. The monoisotopic (exact) mass is 426 g/mol. The van der Waals surface area contributed by atoms with E-state index < -0.39 is 24.0 Å². The second kappa shape index (κ2) is 9.96. The van der Waals surface area contributed by atoms with Crippen molar-refractivity contribution in [1.29, 1.82) is 0 Å². The van der Waals surface area contributed by atoms with E-state index in [4.69, 9.17) is 23.2 Å². The standard InChI is InChI=1S/C20H24Cl2N2O4/c1-12(2)6-17(19(25)26)23-18(20(27)28)10-16-4-3-5-24(16)11-13-7-14(21)9-15(22)8-13/h3-5,7-9,12,17-18,23H,6,10-11H2,1-2H3,(H,25,26)(H,27,28). The second-order valence-electron chi connectivity index (χ2n) is 7.19. The third kappa shape index (κ3) is 6.55. The van der Waals surface area contributed by atoms with Gasteiger partial charge in [-0.15, -0.1) is 0 Å². The molecular formula is C20H24Cl2N2O4. The number of halogens is 2. The molecule has 2 atom stereocenters. The SMILES string of the molecule is CC(C)CC(NC(Cc1cccn1Cc1cc(Cl)cc(Cl)c1)C(=O)O)C(=O)O. The van der Waals surface area contributed by atoms with Gasteiger partial charge in [0.1, 0.15) is 12.1 Å². The highest BCUT2D eigenvalue weighted by Crippen LogP contribution is 2.21. The van der Waals surface area contributed by atoms with E-state index in [1.165, 1.54) is 0 Å². The van der Waals surface area contributed by atoms with Crippen molar-refractivity contribution in [1.82, 2.24) is 9.88 Å². The molecule has 0 amide bonds. The number of hydrogen-bond donors (Lipinski definition) is 3. The minimum absolute atomic E-state index is 0.125. The summed E-state index contributed by atoms with van der Waals surface area (Å²) in [6.45, 7) is 4.27. The van der Waals surface area contributed by atoms with Gasteiger partial charge in [-0.1, -0.05) is 37.0 Å². The first-order valence-corrected chi connectivity index (χ1v) is 9.72. The zero-order chi connectivity index (χ0) is 20.8. The van der Waals surface area contributed by atoms with Crippen molar-refractivity contribution < 1.29 is 19.8 Å². The highest BCUT2D eigenvalue weighted by atomic mass is 35.5. The van der Waals surface area contributed by atoms with Gasteiger partial charge in [-0.2, -0.15) is 0 Å². The van der Waals surface area contributed by atoms with Crippen LogP contribution in [0.4, 0.5) is 0 Å². The van der Waals surface area contributed by atoms with Gasteiger partial charge >= 0.3 is 11.9 Å². The van der Waals surface area contributed by atoms with Crippen LogP contribution in [0.15, 0.2) is 36.5 Å². The van der Waals surface area contributed by atoms with E-state index in [2.05, 4.69) is 5.32 Å². The van der Waals surface area contributed by atoms with Crippen molar-refractivity contribution in [3.8, 4) is 0 Å². The van der Waals surface area contributed by atoms with Crippen LogP contribution >= 0.6 is 23.2 Å². The molecule has 0 radical (unpaired) electrons. The van der Waals surface area contributed by atoms with Gasteiger partial charge in [-0.3, -0.25) is 14.9 Å². The molecule has 28 heavy (non-hydrogen) atoms. The van der Waals surface area contributed by atoms with E-state index in [9.17, 15) is 19.8 Å². The van der Waals surface area contributed by atoms with E-state index in [0.717, 1.165) is 11.3 Å². The molecule has 1 aromatic heterocycles. The van der Waals surface area contributed by atoms with Gasteiger partial charge < -0.3 is 14.8 Å². The molecule has 0 fully saturated rings. The number of benzene rings is 1. The van der Waals surface area contributed by atoms with Crippen LogP contribution in [0.1, 0.15) is 31.5 Å². The summed E-state index contributed by atoms with van der Waals surface area (Å²) in [6.07, 6.45) is 2.34. The maximum Gasteiger partial charge on any atom is 0.321 e. The van der Waals surface area contributed by atoms with E-state index in [0.29, 0.717) is 23.0 Å². The van der Waals surface area contributed by atoms with Gasteiger partial charge in [0.2, 0.25) is 0 Å². The van der Waals surface area contributed by atoms with Crippen molar-refractivity contribution in [2.45, 2.75) is 45.3 Å². The fourth-order valence-electron chi connectivity index (χ4n) is 3.07. The Morgan fingerprint density at radius 3 is 2.21 bits per heavy atom. The number of nitrogens with one attached hydrogen (secondary N) is 1. The van der Waals surface area contributed by atoms with Crippen LogP contribution in [0.3, 0.4) is 0 Å². The Balaban J connectivity index is 2.17. The lowest BCUT2D eigenvalue weighted by Crippen LogP contribution is -2.49. The minimum atomic E-state index is -1.09. The lowest BCUT2D eigenvalue weighted by Gasteiger charge is -2.22. The smallest absolute Gasteiger partial charge is 0.321 e. The van der Waals surface area contributed by atoms with Crippen LogP contribution < -0.4 is 5.32 Å². The van der Waals surface area contributed by atoms with Crippen molar-refractivity contribution in [3.05, 3.63) is 57.8 Å². The topological polar surface area (TPSA) is 91.6 Å². The van der Waals surface area contributed by atoms with Crippen LogP contribution in [-0.4, -0.2) is 38.8 Å². The zero-order valence-electron chi connectivity index (χ0n) is 15.7. The molecule has 0 aliphatic rings. The molecule has 8 heteroatoms. The molecule has 2 rings (SSSR count). The average molecular weight is 427 g/mol.